The fraction of sp³-hybridized carbons (Fsp3) is 0.308. The van der Waals surface area contributed by atoms with Crippen LogP contribution in [-0.4, -0.2) is 27.0 Å². The van der Waals surface area contributed by atoms with Gasteiger partial charge < -0.3 is 4.90 Å². The highest BCUT2D eigenvalue weighted by molar-refractivity contribution is 6.67. The minimum absolute atomic E-state index is 0.156. The molecule has 2 aromatic rings. The van der Waals surface area contributed by atoms with E-state index in [4.69, 9.17) is 92.8 Å². The second-order valence-corrected chi connectivity index (χ2v) is 9.67. The van der Waals surface area contributed by atoms with Gasteiger partial charge in [-0.1, -0.05) is 69.6 Å². The van der Waals surface area contributed by atoms with Gasteiger partial charge in [0.15, 0.2) is 17.5 Å². The molecule has 0 radical (unpaired) electrons. The summed E-state index contributed by atoms with van der Waals surface area (Å²) >= 11 is 46.8. The SMILES string of the molecule is ClCN(CCl)c1ccc(-c2nc(C(Cl)(Cl)Cl)nc(C(Cl)(Cl)Cl)n2)cc1. The van der Waals surface area contributed by atoms with E-state index in [1.165, 1.54) is 0 Å². The van der Waals surface area contributed by atoms with Crippen molar-refractivity contribution in [2.75, 3.05) is 16.9 Å². The van der Waals surface area contributed by atoms with Crippen molar-refractivity contribution in [2.45, 2.75) is 7.59 Å². The summed E-state index contributed by atoms with van der Waals surface area (Å²) in [5.74, 6) is -0.125. The molecule has 1 aromatic carbocycles. The van der Waals surface area contributed by atoms with Gasteiger partial charge in [-0.25, -0.2) is 15.0 Å². The highest BCUT2D eigenvalue weighted by Crippen LogP contribution is 2.40. The summed E-state index contributed by atoms with van der Waals surface area (Å²) in [6, 6.07) is 7.52. The van der Waals surface area contributed by atoms with Gasteiger partial charge in [0, 0.05) is 11.3 Å². The molecule has 25 heavy (non-hydrogen) atoms. The number of alkyl halides is 8. The Morgan fingerprint density at radius 1 is 0.720 bits per heavy atom. The van der Waals surface area contributed by atoms with E-state index >= 15 is 0 Å². The molecule has 12 heteroatoms. The highest BCUT2D eigenvalue weighted by Gasteiger charge is 2.34. The molecule has 2 rings (SSSR count). The number of benzene rings is 1. The van der Waals surface area contributed by atoms with E-state index in [0.29, 0.717) is 5.56 Å². The first-order chi connectivity index (χ1) is 11.6. The molecule has 0 bridgehead atoms. The molecule has 0 saturated heterocycles. The predicted octanol–water partition coefficient (Wildman–Crippen LogP) is 6.39. The van der Waals surface area contributed by atoms with Gasteiger partial charge in [-0.15, -0.1) is 23.2 Å². The molecule has 1 heterocycles. The van der Waals surface area contributed by atoms with Crippen molar-refractivity contribution in [1.82, 2.24) is 15.0 Å². The zero-order valence-corrected chi connectivity index (χ0v) is 18.1. The van der Waals surface area contributed by atoms with E-state index in [2.05, 4.69) is 15.0 Å². The molecular weight excluding hydrogens is 496 g/mol. The summed E-state index contributed by atoms with van der Waals surface area (Å²) < 4.78 is -3.81. The number of halogens is 8. The first-order valence-corrected chi connectivity index (χ1v) is 9.77. The Bertz CT molecular complexity index is 690. The molecule has 0 saturated carbocycles. The van der Waals surface area contributed by atoms with Crippen molar-refractivity contribution < 1.29 is 0 Å². The largest absolute Gasteiger partial charge is 0.344 e. The maximum absolute atomic E-state index is 5.86. The number of hydrogen-bond donors (Lipinski definition) is 0. The first kappa shape index (κ1) is 21.6. The quantitative estimate of drug-likeness (QED) is 0.358. The lowest BCUT2D eigenvalue weighted by molar-refractivity contribution is 0.851. The molecule has 0 atom stereocenters. The second kappa shape index (κ2) is 8.57. The van der Waals surface area contributed by atoms with Crippen molar-refractivity contribution in [1.29, 1.82) is 0 Å². The first-order valence-electron chi connectivity index (χ1n) is 6.44. The van der Waals surface area contributed by atoms with Crippen LogP contribution < -0.4 is 4.90 Å². The van der Waals surface area contributed by atoms with Crippen LogP contribution in [0.5, 0.6) is 0 Å². The van der Waals surface area contributed by atoms with Crippen molar-refractivity contribution in [3.63, 3.8) is 0 Å². The minimum Gasteiger partial charge on any atom is -0.344 e. The van der Waals surface area contributed by atoms with E-state index in [1.807, 2.05) is 0 Å². The predicted molar refractivity (Wildman–Crippen MR) is 108 cm³/mol. The molecule has 136 valence electrons. The summed E-state index contributed by atoms with van der Waals surface area (Å²) in [5, 5.41) is 0. The topological polar surface area (TPSA) is 41.9 Å². The lowest BCUT2D eigenvalue weighted by Gasteiger charge is -2.19. The summed E-state index contributed by atoms with van der Waals surface area (Å²) in [4.78, 5) is 13.9. The summed E-state index contributed by atoms with van der Waals surface area (Å²) in [6.07, 6.45) is 0. The third-order valence-electron chi connectivity index (χ3n) is 2.92. The molecule has 0 fully saturated rings. The van der Waals surface area contributed by atoms with E-state index in [9.17, 15) is 0 Å². The molecule has 0 unspecified atom stereocenters. The number of aromatic nitrogens is 3. The fourth-order valence-corrected chi connectivity index (χ4v) is 2.79. The average molecular weight is 504 g/mol. The molecule has 0 amide bonds. The third-order valence-corrected chi connectivity index (χ3v) is 4.51. The van der Waals surface area contributed by atoms with Crippen LogP contribution in [0.4, 0.5) is 5.69 Å². The summed E-state index contributed by atoms with van der Waals surface area (Å²) in [6.45, 7) is 0. The van der Waals surface area contributed by atoms with E-state index < -0.39 is 7.59 Å². The summed E-state index contributed by atoms with van der Waals surface area (Å²) in [5.41, 5.74) is 1.41. The van der Waals surface area contributed by atoms with Gasteiger partial charge in [0.25, 0.3) is 0 Å². The van der Waals surface area contributed by atoms with Crippen LogP contribution in [0.15, 0.2) is 24.3 Å². The second-order valence-electron chi connectivity index (χ2n) is 4.63. The van der Waals surface area contributed by atoms with Crippen LogP contribution in [0.25, 0.3) is 11.4 Å². The Hall–Kier alpha value is 0.350. The van der Waals surface area contributed by atoms with Crippen molar-refractivity contribution in [3.05, 3.63) is 35.9 Å². The zero-order valence-electron chi connectivity index (χ0n) is 12.0. The van der Waals surface area contributed by atoms with Crippen LogP contribution >= 0.6 is 92.8 Å². The minimum atomic E-state index is -1.91. The number of rotatable bonds is 4. The van der Waals surface area contributed by atoms with Crippen molar-refractivity contribution in [3.8, 4) is 11.4 Å². The van der Waals surface area contributed by atoms with Gasteiger partial charge in [0.2, 0.25) is 7.59 Å². The van der Waals surface area contributed by atoms with Crippen molar-refractivity contribution >= 4 is 98.5 Å². The fourth-order valence-electron chi connectivity index (χ4n) is 1.75. The molecule has 0 N–H and O–H groups in total. The lowest BCUT2D eigenvalue weighted by atomic mass is 10.2. The molecule has 0 aliphatic carbocycles. The maximum Gasteiger partial charge on any atom is 0.250 e. The monoisotopic (exact) mass is 500 g/mol. The summed E-state index contributed by atoms with van der Waals surface area (Å²) in [7, 11) is 0. The van der Waals surface area contributed by atoms with E-state index in [-0.39, 0.29) is 29.5 Å². The van der Waals surface area contributed by atoms with Gasteiger partial charge in [-0.3, -0.25) is 0 Å². The third kappa shape index (κ3) is 5.66. The van der Waals surface area contributed by atoms with Gasteiger partial charge in [-0.2, -0.15) is 0 Å². The van der Waals surface area contributed by atoms with Crippen LogP contribution in [-0.2, 0) is 7.59 Å². The van der Waals surface area contributed by atoms with Gasteiger partial charge in [0.05, 0.1) is 12.0 Å². The molecule has 1 aromatic heterocycles. The standard InChI is InChI=1S/C13H8Cl8N4/c14-5-25(6-15)8-3-1-7(2-4-8)9-22-10(12(16,17)18)24-11(23-9)13(19,20)21/h1-4H,5-6H2. The Balaban J connectivity index is 2.51. The van der Waals surface area contributed by atoms with Crippen LogP contribution in [0.1, 0.15) is 11.6 Å². The Morgan fingerprint density at radius 2 is 1.16 bits per heavy atom. The number of hydrogen-bond acceptors (Lipinski definition) is 4. The number of anilines is 1. The lowest BCUT2D eigenvalue weighted by Crippen LogP contribution is -2.19. The normalized spacial score (nSPS) is 12.3. The zero-order chi connectivity index (χ0) is 18.8. The molecule has 0 aliphatic heterocycles. The van der Waals surface area contributed by atoms with Gasteiger partial charge >= 0.3 is 0 Å². The van der Waals surface area contributed by atoms with Crippen LogP contribution in [0.3, 0.4) is 0 Å². The van der Waals surface area contributed by atoms with Crippen LogP contribution in [0, 0.1) is 0 Å². The number of nitrogens with zero attached hydrogens (tertiary/aromatic N) is 4. The van der Waals surface area contributed by atoms with Gasteiger partial charge in [0.1, 0.15) is 0 Å². The van der Waals surface area contributed by atoms with Crippen molar-refractivity contribution in [2.24, 2.45) is 0 Å². The molecule has 0 spiro atoms. The van der Waals surface area contributed by atoms with E-state index in [1.54, 1.807) is 29.2 Å². The Morgan fingerprint density at radius 3 is 1.52 bits per heavy atom. The smallest absolute Gasteiger partial charge is 0.250 e. The highest BCUT2D eigenvalue weighted by atomic mass is 35.6. The molecule has 4 nitrogen and oxygen atoms in total. The Kier molecular flexibility index (Phi) is 7.42. The Labute approximate surface area is 184 Å². The molecule has 0 aliphatic rings. The molecular formula is C13H8Cl8N4. The van der Waals surface area contributed by atoms with Crippen LogP contribution in [0.2, 0.25) is 0 Å². The van der Waals surface area contributed by atoms with E-state index in [0.717, 1.165) is 5.69 Å². The van der Waals surface area contributed by atoms with Gasteiger partial charge in [-0.05, 0) is 24.3 Å². The average Bonchev–Trinajstić information content (AvgIpc) is 2.54. The maximum atomic E-state index is 5.86.